The second kappa shape index (κ2) is 6.62. The summed E-state index contributed by atoms with van der Waals surface area (Å²) in [5.74, 6) is 0.770. The molecule has 0 spiro atoms. The third-order valence-corrected chi connectivity index (χ3v) is 6.47. The van der Waals surface area contributed by atoms with E-state index in [1.54, 1.807) is 36.9 Å². The molecular formula is C18H19N5O2S. The van der Waals surface area contributed by atoms with Crippen LogP contribution in [0.1, 0.15) is 5.56 Å². The van der Waals surface area contributed by atoms with Gasteiger partial charge in [0, 0.05) is 50.2 Å². The average Bonchev–Trinajstić information content (AvgIpc) is 2.68. The van der Waals surface area contributed by atoms with Crippen molar-refractivity contribution in [3.63, 3.8) is 0 Å². The Kier molecular flexibility index (Phi) is 4.29. The van der Waals surface area contributed by atoms with E-state index in [1.165, 1.54) is 4.31 Å². The SMILES string of the molecule is Cc1cnc2c(S(=O)(=O)N3CCN(c4cnccn4)CC3)cccc2c1. The maximum atomic E-state index is 13.2. The van der Waals surface area contributed by atoms with Gasteiger partial charge in [0.2, 0.25) is 10.0 Å². The standard InChI is InChI=1S/C18H19N5O2S/c1-14-11-15-3-2-4-16(18(15)21-12-14)26(24,25)23-9-7-22(8-10-23)17-13-19-5-6-20-17/h2-6,11-13H,7-10H2,1H3. The highest BCUT2D eigenvalue weighted by Gasteiger charge is 2.30. The third kappa shape index (κ3) is 3.02. The Bertz CT molecular complexity index is 1030. The number of nitrogens with zero attached hydrogens (tertiary/aromatic N) is 5. The fraction of sp³-hybridized carbons (Fsp3) is 0.278. The fourth-order valence-corrected chi connectivity index (χ4v) is 4.79. The number of rotatable bonds is 3. The lowest BCUT2D eigenvalue weighted by Gasteiger charge is -2.34. The monoisotopic (exact) mass is 369 g/mol. The first-order chi connectivity index (χ1) is 12.6. The molecule has 1 aliphatic rings. The van der Waals surface area contributed by atoms with Gasteiger partial charge in [0.05, 0.1) is 11.7 Å². The summed E-state index contributed by atoms with van der Waals surface area (Å²) in [5, 5.41) is 0.837. The molecule has 0 bridgehead atoms. The smallest absolute Gasteiger partial charge is 0.245 e. The normalized spacial score (nSPS) is 16.1. The van der Waals surface area contributed by atoms with Crippen LogP contribution in [0.2, 0.25) is 0 Å². The number of aromatic nitrogens is 3. The Morgan fingerprint density at radius 3 is 2.54 bits per heavy atom. The van der Waals surface area contributed by atoms with Crippen molar-refractivity contribution in [2.45, 2.75) is 11.8 Å². The fourth-order valence-electron chi connectivity index (χ4n) is 3.20. The summed E-state index contributed by atoms with van der Waals surface area (Å²) < 4.78 is 27.9. The van der Waals surface area contributed by atoms with Crippen LogP contribution in [-0.4, -0.2) is 53.9 Å². The van der Waals surface area contributed by atoms with Gasteiger partial charge in [0.25, 0.3) is 0 Å². The van der Waals surface area contributed by atoms with Crippen LogP contribution in [0, 0.1) is 6.92 Å². The quantitative estimate of drug-likeness (QED) is 0.701. The number of benzene rings is 1. The van der Waals surface area contributed by atoms with Crippen LogP contribution >= 0.6 is 0 Å². The van der Waals surface area contributed by atoms with E-state index in [1.807, 2.05) is 24.0 Å². The number of para-hydroxylation sites is 1. The van der Waals surface area contributed by atoms with Crippen LogP contribution < -0.4 is 4.90 Å². The summed E-state index contributed by atoms with van der Waals surface area (Å²) in [7, 11) is -3.60. The molecule has 0 aliphatic carbocycles. The van der Waals surface area contributed by atoms with E-state index in [-0.39, 0.29) is 4.90 Å². The molecule has 0 saturated carbocycles. The van der Waals surface area contributed by atoms with Gasteiger partial charge in [0.1, 0.15) is 10.7 Å². The number of anilines is 1. The van der Waals surface area contributed by atoms with Crippen LogP contribution in [0.25, 0.3) is 10.9 Å². The van der Waals surface area contributed by atoms with Crippen molar-refractivity contribution >= 4 is 26.7 Å². The first-order valence-electron chi connectivity index (χ1n) is 8.42. The lowest BCUT2D eigenvalue weighted by atomic mass is 10.2. The molecule has 2 aromatic heterocycles. The average molecular weight is 369 g/mol. The predicted octanol–water partition coefficient (Wildman–Crippen LogP) is 1.84. The zero-order chi connectivity index (χ0) is 18.1. The Balaban J connectivity index is 1.61. The van der Waals surface area contributed by atoms with Gasteiger partial charge in [-0.25, -0.2) is 13.4 Å². The Morgan fingerprint density at radius 1 is 1.00 bits per heavy atom. The molecule has 1 aromatic carbocycles. The van der Waals surface area contributed by atoms with Crippen LogP contribution in [0.3, 0.4) is 0 Å². The first kappa shape index (κ1) is 16.9. The van der Waals surface area contributed by atoms with Gasteiger partial charge in [0.15, 0.2) is 0 Å². The topological polar surface area (TPSA) is 79.3 Å². The number of fused-ring (bicyclic) bond motifs is 1. The van der Waals surface area contributed by atoms with Crippen molar-refractivity contribution in [3.8, 4) is 0 Å². The van der Waals surface area contributed by atoms with E-state index >= 15 is 0 Å². The van der Waals surface area contributed by atoms with Gasteiger partial charge in [-0.05, 0) is 24.6 Å². The molecule has 3 aromatic rings. The molecule has 1 saturated heterocycles. The summed E-state index contributed by atoms with van der Waals surface area (Å²) in [6.07, 6.45) is 6.66. The summed E-state index contributed by atoms with van der Waals surface area (Å²) in [6.45, 7) is 3.91. The first-order valence-corrected chi connectivity index (χ1v) is 9.86. The Morgan fingerprint density at radius 2 is 1.81 bits per heavy atom. The molecule has 3 heterocycles. The molecule has 134 valence electrons. The summed E-state index contributed by atoms with van der Waals surface area (Å²) in [4.78, 5) is 15.0. The highest BCUT2D eigenvalue weighted by molar-refractivity contribution is 7.89. The lowest BCUT2D eigenvalue weighted by molar-refractivity contribution is 0.384. The second-order valence-electron chi connectivity index (χ2n) is 6.30. The second-order valence-corrected chi connectivity index (χ2v) is 8.20. The predicted molar refractivity (Wildman–Crippen MR) is 99.5 cm³/mol. The molecule has 0 amide bonds. The Hall–Kier alpha value is -2.58. The minimum atomic E-state index is -3.60. The van der Waals surface area contributed by atoms with Gasteiger partial charge in [-0.3, -0.25) is 9.97 Å². The van der Waals surface area contributed by atoms with Gasteiger partial charge >= 0.3 is 0 Å². The molecule has 0 N–H and O–H groups in total. The van der Waals surface area contributed by atoms with Crippen LogP contribution in [0.5, 0.6) is 0 Å². The van der Waals surface area contributed by atoms with E-state index in [0.29, 0.717) is 31.7 Å². The summed E-state index contributed by atoms with van der Waals surface area (Å²) >= 11 is 0. The van der Waals surface area contributed by atoms with Crippen LogP contribution in [0.4, 0.5) is 5.82 Å². The highest BCUT2D eigenvalue weighted by Crippen LogP contribution is 2.26. The highest BCUT2D eigenvalue weighted by atomic mass is 32.2. The van der Waals surface area contributed by atoms with Crippen LogP contribution in [0.15, 0.2) is 53.9 Å². The molecule has 0 unspecified atom stereocenters. The molecule has 0 atom stereocenters. The molecule has 7 nitrogen and oxygen atoms in total. The minimum absolute atomic E-state index is 0.267. The van der Waals surface area contributed by atoms with Gasteiger partial charge in [-0.15, -0.1) is 0 Å². The summed E-state index contributed by atoms with van der Waals surface area (Å²) in [5.41, 5.74) is 1.53. The van der Waals surface area contributed by atoms with Gasteiger partial charge in [-0.2, -0.15) is 4.31 Å². The minimum Gasteiger partial charge on any atom is -0.353 e. The van der Waals surface area contributed by atoms with E-state index in [0.717, 1.165) is 16.8 Å². The van der Waals surface area contributed by atoms with Gasteiger partial charge in [-0.1, -0.05) is 12.1 Å². The number of sulfonamides is 1. The molecule has 26 heavy (non-hydrogen) atoms. The maximum Gasteiger partial charge on any atom is 0.245 e. The summed E-state index contributed by atoms with van der Waals surface area (Å²) in [6, 6.07) is 7.24. The van der Waals surface area contributed by atoms with Crippen molar-refractivity contribution in [2.75, 3.05) is 31.1 Å². The number of pyridine rings is 1. The number of hydrogen-bond donors (Lipinski definition) is 0. The molecule has 1 aliphatic heterocycles. The van der Waals surface area contributed by atoms with E-state index in [2.05, 4.69) is 15.0 Å². The Labute approximate surface area is 152 Å². The van der Waals surface area contributed by atoms with Crippen molar-refractivity contribution < 1.29 is 8.42 Å². The molecule has 1 fully saturated rings. The molecular weight excluding hydrogens is 350 g/mol. The van der Waals surface area contributed by atoms with Crippen molar-refractivity contribution in [3.05, 3.63) is 54.6 Å². The van der Waals surface area contributed by atoms with E-state index < -0.39 is 10.0 Å². The number of piperazine rings is 1. The van der Waals surface area contributed by atoms with E-state index in [9.17, 15) is 8.42 Å². The third-order valence-electron chi connectivity index (χ3n) is 4.54. The number of hydrogen-bond acceptors (Lipinski definition) is 6. The largest absolute Gasteiger partial charge is 0.353 e. The van der Waals surface area contributed by atoms with Gasteiger partial charge < -0.3 is 4.90 Å². The molecule has 0 radical (unpaired) electrons. The van der Waals surface area contributed by atoms with Crippen molar-refractivity contribution in [1.82, 2.24) is 19.3 Å². The van der Waals surface area contributed by atoms with E-state index in [4.69, 9.17) is 0 Å². The number of aryl methyl sites for hydroxylation is 1. The van der Waals surface area contributed by atoms with Crippen molar-refractivity contribution in [1.29, 1.82) is 0 Å². The lowest BCUT2D eigenvalue weighted by Crippen LogP contribution is -2.49. The maximum absolute atomic E-state index is 13.2. The zero-order valence-corrected chi connectivity index (χ0v) is 15.2. The zero-order valence-electron chi connectivity index (χ0n) is 14.4. The van der Waals surface area contributed by atoms with Crippen molar-refractivity contribution in [2.24, 2.45) is 0 Å². The molecule has 8 heteroatoms. The van der Waals surface area contributed by atoms with Crippen LogP contribution in [-0.2, 0) is 10.0 Å². The molecule has 4 rings (SSSR count).